The van der Waals surface area contributed by atoms with Crippen LogP contribution in [0.25, 0.3) is 0 Å². The molecule has 1 atom stereocenters. The third kappa shape index (κ3) is 4.93. The van der Waals surface area contributed by atoms with Crippen molar-refractivity contribution in [2.75, 3.05) is 39.8 Å². The molecule has 2 aliphatic rings. The quantitative estimate of drug-likeness (QED) is 0.800. The minimum atomic E-state index is -0.0552. The number of esters is 1. The van der Waals surface area contributed by atoms with E-state index < -0.39 is 0 Å². The van der Waals surface area contributed by atoms with Gasteiger partial charge in [-0.1, -0.05) is 6.92 Å². The molecule has 2 heterocycles. The van der Waals surface area contributed by atoms with Gasteiger partial charge in [0.15, 0.2) is 0 Å². The highest BCUT2D eigenvalue weighted by atomic mass is 35.5. The number of methoxy groups -OCH3 is 1. The van der Waals surface area contributed by atoms with Gasteiger partial charge in [0.2, 0.25) is 0 Å². The molecule has 0 spiro atoms. The number of ether oxygens (including phenoxy) is 1. The SMILES string of the molecule is COC(=O)CC1CCN(CC2(C)CCNC2)CC1.Cl. The monoisotopic (exact) mass is 290 g/mol. The fourth-order valence-corrected chi connectivity index (χ4v) is 3.21. The van der Waals surface area contributed by atoms with E-state index in [1.165, 1.54) is 20.1 Å². The van der Waals surface area contributed by atoms with Crippen LogP contribution in [0.4, 0.5) is 0 Å². The van der Waals surface area contributed by atoms with Crippen molar-refractivity contribution in [1.29, 1.82) is 0 Å². The van der Waals surface area contributed by atoms with Gasteiger partial charge >= 0.3 is 5.97 Å². The van der Waals surface area contributed by atoms with Crippen LogP contribution in [0.2, 0.25) is 0 Å². The van der Waals surface area contributed by atoms with Gasteiger partial charge in [-0.2, -0.15) is 0 Å². The van der Waals surface area contributed by atoms with Gasteiger partial charge in [-0.05, 0) is 50.2 Å². The molecule has 1 N–H and O–H groups in total. The Balaban J connectivity index is 0.00000180. The second kappa shape index (κ2) is 7.46. The van der Waals surface area contributed by atoms with E-state index in [4.69, 9.17) is 4.74 Å². The Hall–Kier alpha value is -0.320. The fraction of sp³-hybridized carbons (Fsp3) is 0.929. The Kier molecular flexibility index (Phi) is 6.57. The number of nitrogens with zero attached hydrogens (tertiary/aromatic N) is 1. The topological polar surface area (TPSA) is 41.6 Å². The summed E-state index contributed by atoms with van der Waals surface area (Å²) >= 11 is 0. The van der Waals surface area contributed by atoms with E-state index in [2.05, 4.69) is 17.1 Å². The maximum absolute atomic E-state index is 11.2. The van der Waals surface area contributed by atoms with E-state index in [0.717, 1.165) is 39.0 Å². The normalized spacial score (nSPS) is 28.9. The predicted octanol–water partition coefficient (Wildman–Crippen LogP) is 1.68. The molecule has 2 fully saturated rings. The van der Waals surface area contributed by atoms with Crippen molar-refractivity contribution in [1.82, 2.24) is 10.2 Å². The Morgan fingerprint density at radius 2 is 2.11 bits per heavy atom. The van der Waals surface area contributed by atoms with Crippen molar-refractivity contribution in [3.63, 3.8) is 0 Å². The van der Waals surface area contributed by atoms with Crippen LogP contribution >= 0.6 is 12.4 Å². The third-order valence-corrected chi connectivity index (χ3v) is 4.45. The summed E-state index contributed by atoms with van der Waals surface area (Å²) in [6.45, 7) is 8.16. The molecule has 2 aliphatic heterocycles. The molecule has 4 nitrogen and oxygen atoms in total. The number of hydrogen-bond acceptors (Lipinski definition) is 4. The van der Waals surface area contributed by atoms with Crippen molar-refractivity contribution in [2.45, 2.75) is 32.6 Å². The van der Waals surface area contributed by atoms with Crippen molar-refractivity contribution in [2.24, 2.45) is 11.3 Å². The van der Waals surface area contributed by atoms with Crippen LogP contribution in [0, 0.1) is 11.3 Å². The third-order valence-electron chi connectivity index (χ3n) is 4.45. The van der Waals surface area contributed by atoms with Gasteiger partial charge < -0.3 is 15.0 Å². The summed E-state index contributed by atoms with van der Waals surface area (Å²) in [6.07, 6.45) is 4.16. The molecule has 0 bridgehead atoms. The number of halogens is 1. The highest BCUT2D eigenvalue weighted by Gasteiger charge is 2.32. The van der Waals surface area contributed by atoms with Crippen LogP contribution < -0.4 is 5.32 Å². The average Bonchev–Trinajstić information content (AvgIpc) is 2.78. The predicted molar refractivity (Wildman–Crippen MR) is 78.6 cm³/mol. The van der Waals surface area contributed by atoms with Gasteiger partial charge in [-0.3, -0.25) is 4.79 Å². The van der Waals surface area contributed by atoms with Crippen molar-refractivity contribution in [3.8, 4) is 0 Å². The number of nitrogens with one attached hydrogen (secondary N) is 1. The van der Waals surface area contributed by atoms with Crippen molar-refractivity contribution < 1.29 is 9.53 Å². The molecule has 0 aliphatic carbocycles. The largest absolute Gasteiger partial charge is 0.469 e. The van der Waals surface area contributed by atoms with E-state index in [1.54, 1.807) is 0 Å². The fourth-order valence-electron chi connectivity index (χ4n) is 3.21. The first-order valence-electron chi connectivity index (χ1n) is 7.11. The summed E-state index contributed by atoms with van der Waals surface area (Å²) in [5, 5.41) is 3.46. The number of carbonyl (C=O) groups excluding carboxylic acids is 1. The summed E-state index contributed by atoms with van der Waals surface area (Å²) < 4.78 is 4.74. The molecule has 0 aromatic carbocycles. The van der Waals surface area contributed by atoms with E-state index in [-0.39, 0.29) is 18.4 Å². The van der Waals surface area contributed by atoms with Gasteiger partial charge in [0.1, 0.15) is 0 Å². The summed E-state index contributed by atoms with van der Waals surface area (Å²) in [5.41, 5.74) is 0.454. The van der Waals surface area contributed by atoms with Gasteiger partial charge in [-0.15, -0.1) is 12.4 Å². The molecule has 112 valence electrons. The number of likely N-dealkylation sites (tertiary alicyclic amines) is 1. The lowest BCUT2D eigenvalue weighted by Gasteiger charge is -2.36. The summed E-state index contributed by atoms with van der Waals surface area (Å²) in [6, 6.07) is 0. The molecule has 0 aromatic heterocycles. The molecule has 0 radical (unpaired) electrons. The minimum Gasteiger partial charge on any atom is -0.469 e. The highest BCUT2D eigenvalue weighted by molar-refractivity contribution is 5.85. The Morgan fingerprint density at radius 3 is 2.63 bits per heavy atom. The van der Waals surface area contributed by atoms with Crippen molar-refractivity contribution in [3.05, 3.63) is 0 Å². The Morgan fingerprint density at radius 1 is 1.42 bits per heavy atom. The Bertz CT molecular complexity index is 285. The first-order chi connectivity index (χ1) is 8.61. The lowest BCUT2D eigenvalue weighted by molar-refractivity contribution is -0.142. The zero-order chi connectivity index (χ0) is 13.0. The highest BCUT2D eigenvalue weighted by Crippen LogP contribution is 2.28. The number of hydrogen-bond donors (Lipinski definition) is 1. The molecule has 5 heteroatoms. The maximum Gasteiger partial charge on any atom is 0.305 e. The van der Waals surface area contributed by atoms with Crippen LogP contribution in [0.15, 0.2) is 0 Å². The molecular formula is C14H27ClN2O2. The number of carbonyl (C=O) groups is 1. The first-order valence-corrected chi connectivity index (χ1v) is 7.11. The second-order valence-electron chi connectivity index (χ2n) is 6.24. The van der Waals surface area contributed by atoms with Crippen LogP contribution in [-0.2, 0) is 9.53 Å². The Labute approximate surface area is 122 Å². The van der Waals surface area contributed by atoms with E-state index in [0.29, 0.717) is 17.8 Å². The molecule has 19 heavy (non-hydrogen) atoms. The zero-order valence-electron chi connectivity index (χ0n) is 12.1. The van der Waals surface area contributed by atoms with E-state index in [1.807, 2.05) is 0 Å². The summed E-state index contributed by atoms with van der Waals surface area (Å²) in [5.74, 6) is 0.476. The minimum absolute atomic E-state index is 0. The molecular weight excluding hydrogens is 264 g/mol. The molecule has 1 unspecified atom stereocenters. The smallest absolute Gasteiger partial charge is 0.305 e. The van der Waals surface area contributed by atoms with Crippen LogP contribution in [0.3, 0.4) is 0 Å². The molecule has 0 aromatic rings. The lowest BCUT2D eigenvalue weighted by Crippen LogP contribution is -2.42. The number of piperidine rings is 1. The molecule has 2 rings (SSSR count). The van der Waals surface area contributed by atoms with Gasteiger partial charge in [0, 0.05) is 19.5 Å². The van der Waals surface area contributed by atoms with Gasteiger partial charge in [-0.25, -0.2) is 0 Å². The summed E-state index contributed by atoms with van der Waals surface area (Å²) in [7, 11) is 1.48. The maximum atomic E-state index is 11.2. The lowest BCUT2D eigenvalue weighted by atomic mass is 9.87. The second-order valence-corrected chi connectivity index (χ2v) is 6.24. The molecule has 0 amide bonds. The van der Waals surface area contributed by atoms with Crippen LogP contribution in [0.5, 0.6) is 0 Å². The van der Waals surface area contributed by atoms with Gasteiger partial charge in [0.25, 0.3) is 0 Å². The van der Waals surface area contributed by atoms with E-state index in [9.17, 15) is 4.79 Å². The average molecular weight is 291 g/mol. The molecule has 2 saturated heterocycles. The first kappa shape index (κ1) is 16.7. The standard InChI is InChI=1S/C14H26N2O2.ClH/c1-14(5-6-15-10-14)11-16-7-3-12(4-8-16)9-13(17)18-2;/h12,15H,3-11H2,1-2H3;1H. The van der Waals surface area contributed by atoms with E-state index >= 15 is 0 Å². The van der Waals surface area contributed by atoms with Crippen molar-refractivity contribution >= 4 is 18.4 Å². The number of rotatable bonds is 4. The zero-order valence-corrected chi connectivity index (χ0v) is 12.9. The summed E-state index contributed by atoms with van der Waals surface area (Å²) in [4.78, 5) is 13.8. The van der Waals surface area contributed by atoms with Crippen LogP contribution in [-0.4, -0.2) is 50.7 Å². The van der Waals surface area contributed by atoms with Gasteiger partial charge in [0.05, 0.1) is 7.11 Å². The van der Waals surface area contributed by atoms with Crippen LogP contribution in [0.1, 0.15) is 32.6 Å². The molecule has 0 saturated carbocycles.